The zero-order chi connectivity index (χ0) is 12.8. The van der Waals surface area contributed by atoms with Gasteiger partial charge in [-0.2, -0.15) is 0 Å². The summed E-state index contributed by atoms with van der Waals surface area (Å²) >= 11 is 0. The van der Waals surface area contributed by atoms with Crippen molar-refractivity contribution in [1.82, 2.24) is 5.32 Å². The molecule has 0 saturated heterocycles. The van der Waals surface area contributed by atoms with Gasteiger partial charge >= 0.3 is 0 Å². The van der Waals surface area contributed by atoms with Crippen molar-refractivity contribution in [3.63, 3.8) is 0 Å². The van der Waals surface area contributed by atoms with Gasteiger partial charge in [-0.05, 0) is 50.6 Å². The van der Waals surface area contributed by atoms with Crippen molar-refractivity contribution in [2.75, 3.05) is 6.54 Å². The smallest absolute Gasteiger partial charge is 0.0543 e. The summed E-state index contributed by atoms with van der Waals surface area (Å²) in [6.07, 6.45) is 5.44. The van der Waals surface area contributed by atoms with Crippen LogP contribution < -0.4 is 5.32 Å². The average molecular weight is 247 g/mol. The van der Waals surface area contributed by atoms with Gasteiger partial charge in [0.1, 0.15) is 0 Å². The molecule has 1 saturated carbocycles. The zero-order valence-corrected chi connectivity index (χ0v) is 11.3. The highest BCUT2D eigenvalue weighted by Crippen LogP contribution is 2.23. The number of aliphatic hydroxyl groups is 1. The third kappa shape index (κ3) is 4.43. The molecule has 1 fully saturated rings. The molecule has 2 nitrogen and oxygen atoms in total. The summed E-state index contributed by atoms with van der Waals surface area (Å²) in [4.78, 5) is 0. The molecule has 100 valence electrons. The minimum atomic E-state index is -0.0602. The van der Waals surface area contributed by atoms with Crippen LogP contribution in [0.25, 0.3) is 0 Å². The van der Waals surface area contributed by atoms with Crippen LogP contribution in [0.3, 0.4) is 0 Å². The summed E-state index contributed by atoms with van der Waals surface area (Å²) in [5.74, 6) is 0.659. The van der Waals surface area contributed by atoms with E-state index in [0.29, 0.717) is 12.0 Å². The molecular formula is C16H25NO. The molecular weight excluding hydrogens is 222 g/mol. The first kappa shape index (κ1) is 13.6. The van der Waals surface area contributed by atoms with Crippen LogP contribution in [0, 0.1) is 5.92 Å². The minimum Gasteiger partial charge on any atom is -0.393 e. The Balaban J connectivity index is 1.70. The Labute approximate surface area is 110 Å². The van der Waals surface area contributed by atoms with Gasteiger partial charge in [0.15, 0.2) is 0 Å². The van der Waals surface area contributed by atoms with Crippen LogP contribution in [0.5, 0.6) is 0 Å². The molecule has 0 aliphatic heterocycles. The van der Waals surface area contributed by atoms with Crippen molar-refractivity contribution in [2.24, 2.45) is 5.92 Å². The van der Waals surface area contributed by atoms with Crippen molar-refractivity contribution in [3.05, 3.63) is 35.9 Å². The lowest BCUT2D eigenvalue weighted by Crippen LogP contribution is -2.35. The largest absolute Gasteiger partial charge is 0.393 e. The average Bonchev–Trinajstić information content (AvgIpc) is 2.38. The van der Waals surface area contributed by atoms with Gasteiger partial charge in [-0.1, -0.05) is 36.8 Å². The molecule has 1 aliphatic carbocycles. The van der Waals surface area contributed by atoms with E-state index >= 15 is 0 Å². The summed E-state index contributed by atoms with van der Waals surface area (Å²) in [6, 6.07) is 11.1. The van der Waals surface area contributed by atoms with Crippen molar-refractivity contribution in [3.8, 4) is 0 Å². The summed E-state index contributed by atoms with van der Waals surface area (Å²) < 4.78 is 0. The Morgan fingerprint density at radius 1 is 1.28 bits per heavy atom. The van der Waals surface area contributed by atoms with E-state index in [-0.39, 0.29) is 6.10 Å². The second kappa shape index (κ2) is 6.91. The van der Waals surface area contributed by atoms with Gasteiger partial charge in [-0.25, -0.2) is 0 Å². The summed E-state index contributed by atoms with van der Waals surface area (Å²) in [5.41, 5.74) is 1.39. The molecule has 2 rings (SSSR count). The lowest BCUT2D eigenvalue weighted by atomic mass is 9.87. The number of nitrogens with one attached hydrogen (secondary N) is 1. The van der Waals surface area contributed by atoms with E-state index in [4.69, 9.17) is 0 Å². The van der Waals surface area contributed by atoms with E-state index in [9.17, 15) is 5.11 Å². The minimum absolute atomic E-state index is 0.0602. The maximum atomic E-state index is 9.65. The highest BCUT2D eigenvalue weighted by Gasteiger charge is 2.20. The molecule has 18 heavy (non-hydrogen) atoms. The van der Waals surface area contributed by atoms with Gasteiger partial charge in [-0.15, -0.1) is 0 Å². The molecule has 0 bridgehead atoms. The zero-order valence-electron chi connectivity index (χ0n) is 11.3. The second-order valence-electron chi connectivity index (χ2n) is 5.69. The van der Waals surface area contributed by atoms with Gasteiger partial charge in [0.05, 0.1) is 6.10 Å². The van der Waals surface area contributed by atoms with E-state index in [1.165, 1.54) is 18.4 Å². The number of aliphatic hydroxyl groups excluding tert-OH is 1. The van der Waals surface area contributed by atoms with Crippen LogP contribution in [0.2, 0.25) is 0 Å². The molecule has 0 aromatic heterocycles. The SMILES string of the molecule is CC(Cc1ccccc1)NCC1CCCC(O)C1. The molecule has 0 heterocycles. The topological polar surface area (TPSA) is 32.3 Å². The van der Waals surface area contributed by atoms with E-state index in [1.54, 1.807) is 0 Å². The Morgan fingerprint density at radius 2 is 2.06 bits per heavy atom. The van der Waals surface area contributed by atoms with E-state index in [2.05, 4.69) is 42.6 Å². The lowest BCUT2D eigenvalue weighted by molar-refractivity contribution is 0.0998. The van der Waals surface area contributed by atoms with Crippen molar-refractivity contribution in [2.45, 2.75) is 51.2 Å². The van der Waals surface area contributed by atoms with Crippen LogP contribution in [0.4, 0.5) is 0 Å². The lowest BCUT2D eigenvalue weighted by Gasteiger charge is -2.27. The van der Waals surface area contributed by atoms with Crippen molar-refractivity contribution in [1.29, 1.82) is 0 Å². The third-order valence-electron chi connectivity index (χ3n) is 3.89. The van der Waals surface area contributed by atoms with E-state index in [1.807, 2.05) is 0 Å². The van der Waals surface area contributed by atoms with Crippen LogP contribution in [-0.2, 0) is 6.42 Å². The quantitative estimate of drug-likeness (QED) is 0.838. The van der Waals surface area contributed by atoms with Crippen LogP contribution in [0.1, 0.15) is 38.2 Å². The highest BCUT2D eigenvalue weighted by atomic mass is 16.3. The Bertz CT molecular complexity index is 338. The third-order valence-corrected chi connectivity index (χ3v) is 3.89. The van der Waals surface area contributed by atoms with Gasteiger partial charge in [-0.3, -0.25) is 0 Å². The van der Waals surface area contributed by atoms with Crippen molar-refractivity contribution >= 4 is 0 Å². The van der Waals surface area contributed by atoms with Gasteiger partial charge in [0, 0.05) is 6.04 Å². The Morgan fingerprint density at radius 3 is 2.78 bits per heavy atom. The standard InChI is InChI=1S/C16H25NO/c1-13(10-14-6-3-2-4-7-14)17-12-15-8-5-9-16(18)11-15/h2-4,6-7,13,15-18H,5,8-12H2,1H3. The van der Waals surface area contributed by atoms with Crippen LogP contribution in [0.15, 0.2) is 30.3 Å². The molecule has 1 aromatic rings. The predicted octanol–water partition coefficient (Wildman–Crippen LogP) is 2.76. The molecule has 0 spiro atoms. The number of hydrogen-bond acceptors (Lipinski definition) is 2. The van der Waals surface area contributed by atoms with Gasteiger partial charge in [0.25, 0.3) is 0 Å². The molecule has 2 N–H and O–H groups in total. The summed E-state index contributed by atoms with van der Waals surface area (Å²) in [7, 11) is 0. The fraction of sp³-hybridized carbons (Fsp3) is 0.625. The first-order valence-electron chi connectivity index (χ1n) is 7.19. The first-order chi connectivity index (χ1) is 8.74. The molecule has 3 atom stereocenters. The Kier molecular flexibility index (Phi) is 5.21. The van der Waals surface area contributed by atoms with Gasteiger partial charge in [0.2, 0.25) is 0 Å². The Hall–Kier alpha value is -0.860. The molecule has 1 aromatic carbocycles. The normalized spacial score (nSPS) is 25.9. The molecule has 3 unspecified atom stereocenters. The summed E-state index contributed by atoms with van der Waals surface area (Å²) in [6.45, 7) is 3.29. The monoisotopic (exact) mass is 247 g/mol. The fourth-order valence-electron chi connectivity index (χ4n) is 2.86. The molecule has 0 amide bonds. The molecule has 1 aliphatic rings. The predicted molar refractivity (Wildman–Crippen MR) is 75.6 cm³/mol. The summed E-state index contributed by atoms with van der Waals surface area (Å²) in [5, 5.41) is 13.3. The number of hydrogen-bond donors (Lipinski definition) is 2. The maximum Gasteiger partial charge on any atom is 0.0543 e. The highest BCUT2D eigenvalue weighted by molar-refractivity contribution is 5.15. The van der Waals surface area contributed by atoms with Crippen molar-refractivity contribution < 1.29 is 5.11 Å². The molecule has 0 radical (unpaired) electrons. The first-order valence-corrected chi connectivity index (χ1v) is 7.19. The number of benzene rings is 1. The van der Waals surface area contributed by atoms with Gasteiger partial charge < -0.3 is 10.4 Å². The molecule has 2 heteroatoms. The van der Waals surface area contributed by atoms with Crippen LogP contribution >= 0.6 is 0 Å². The van der Waals surface area contributed by atoms with Crippen LogP contribution in [-0.4, -0.2) is 23.8 Å². The van der Waals surface area contributed by atoms with E-state index < -0.39 is 0 Å². The van der Waals surface area contributed by atoms with E-state index in [0.717, 1.165) is 25.8 Å². The maximum absolute atomic E-state index is 9.65. The number of rotatable bonds is 5. The fourth-order valence-corrected chi connectivity index (χ4v) is 2.86. The second-order valence-corrected chi connectivity index (χ2v) is 5.69.